The highest BCUT2D eigenvalue weighted by molar-refractivity contribution is 7.79. The van der Waals surface area contributed by atoms with E-state index in [9.17, 15) is 9.00 Å². The van der Waals surface area contributed by atoms with Gasteiger partial charge in [-0.15, -0.1) is 0 Å². The summed E-state index contributed by atoms with van der Waals surface area (Å²) in [6.07, 6.45) is 3.13. The highest BCUT2D eigenvalue weighted by atomic mass is 32.2. The van der Waals surface area contributed by atoms with Gasteiger partial charge in [-0.2, -0.15) is 0 Å². The summed E-state index contributed by atoms with van der Waals surface area (Å²) in [6, 6.07) is 3.48. The Bertz CT molecular complexity index is 431. The summed E-state index contributed by atoms with van der Waals surface area (Å²) in [4.78, 5) is 14.2. The number of carbonyl (C=O) groups is 1. The second-order valence-electron chi connectivity index (χ2n) is 3.02. The lowest BCUT2D eigenvalue weighted by Gasteiger charge is -2.02. The molecule has 0 fully saturated rings. The lowest BCUT2D eigenvalue weighted by Crippen LogP contribution is -2.02. The first-order valence-corrected chi connectivity index (χ1v) is 5.70. The van der Waals surface area contributed by atoms with Crippen LogP contribution in [0.25, 0.3) is 6.08 Å². The van der Waals surface area contributed by atoms with Gasteiger partial charge in [0.05, 0.1) is 0 Å². The molecule has 1 aromatic heterocycles. The summed E-state index contributed by atoms with van der Waals surface area (Å²) in [7, 11) is 0. The molecule has 0 aliphatic heterocycles. The monoisotopic (exact) mass is 241 g/mol. The first-order chi connectivity index (χ1) is 7.61. The molecule has 1 aromatic rings. The van der Waals surface area contributed by atoms with Crippen LogP contribution < -0.4 is 0 Å². The largest absolute Gasteiger partial charge is 0.432 e. The van der Waals surface area contributed by atoms with Gasteiger partial charge in [0.2, 0.25) is 0 Å². The maximum atomic E-state index is 10.6. The normalized spacial score (nSPS) is 13.2. The molecule has 0 bridgehead atoms. The van der Waals surface area contributed by atoms with Gasteiger partial charge in [0.1, 0.15) is 11.5 Å². The molecule has 6 heteroatoms. The van der Waals surface area contributed by atoms with E-state index in [1.807, 2.05) is 6.92 Å². The number of pyridine rings is 1. The minimum absolute atomic E-state index is 0.140. The van der Waals surface area contributed by atoms with E-state index in [0.29, 0.717) is 0 Å². The highest BCUT2D eigenvalue weighted by Crippen LogP contribution is 2.09. The first kappa shape index (κ1) is 12.5. The van der Waals surface area contributed by atoms with E-state index >= 15 is 0 Å². The number of aromatic nitrogens is 1. The van der Waals surface area contributed by atoms with Crippen LogP contribution in [-0.4, -0.2) is 26.0 Å². The molecule has 0 aliphatic carbocycles. The predicted molar refractivity (Wildman–Crippen MR) is 59.7 cm³/mol. The maximum Gasteiger partial charge on any atom is 0.298 e. The fraction of sp³-hybridized carbons (Fsp3) is 0.200. The van der Waals surface area contributed by atoms with E-state index < -0.39 is 11.1 Å². The van der Waals surface area contributed by atoms with Gasteiger partial charge < -0.3 is 9.29 Å². The Morgan fingerprint density at radius 3 is 3.00 bits per heavy atom. The number of hydrogen-bond acceptors (Lipinski definition) is 4. The summed E-state index contributed by atoms with van der Waals surface area (Å²) in [5, 5.41) is 0. The van der Waals surface area contributed by atoms with Crippen LogP contribution in [0.1, 0.15) is 11.3 Å². The van der Waals surface area contributed by atoms with Crippen LogP contribution in [0.5, 0.6) is 0 Å². The van der Waals surface area contributed by atoms with Crippen LogP contribution in [0, 0.1) is 6.92 Å². The Labute approximate surface area is 95.4 Å². The van der Waals surface area contributed by atoms with E-state index in [2.05, 4.69) is 9.72 Å². The fourth-order valence-corrected chi connectivity index (χ4v) is 1.53. The van der Waals surface area contributed by atoms with Crippen LogP contribution >= 0.6 is 0 Å². The molecular formula is C10H11NO4S. The summed E-state index contributed by atoms with van der Waals surface area (Å²) in [6.45, 7) is 2.05. The Morgan fingerprint density at radius 2 is 2.44 bits per heavy atom. The van der Waals surface area contributed by atoms with Gasteiger partial charge in [0, 0.05) is 11.9 Å². The van der Waals surface area contributed by atoms with Crippen LogP contribution in [0.15, 0.2) is 24.1 Å². The van der Waals surface area contributed by atoms with Crippen molar-refractivity contribution in [3.8, 4) is 0 Å². The molecule has 0 amide bonds. The smallest absolute Gasteiger partial charge is 0.298 e. The third-order valence-electron chi connectivity index (χ3n) is 1.71. The number of rotatable bonds is 5. The van der Waals surface area contributed by atoms with Crippen LogP contribution in [0.4, 0.5) is 0 Å². The molecule has 1 atom stereocenters. The number of ether oxygens (including phenoxy) is 1. The molecule has 0 radical (unpaired) electrons. The Kier molecular flexibility index (Phi) is 4.81. The van der Waals surface area contributed by atoms with Gasteiger partial charge in [-0.3, -0.25) is 9.78 Å². The van der Waals surface area contributed by atoms with Crippen molar-refractivity contribution in [3.63, 3.8) is 0 Å². The van der Waals surface area contributed by atoms with Crippen molar-refractivity contribution in [1.29, 1.82) is 0 Å². The first-order valence-electron chi connectivity index (χ1n) is 4.43. The van der Waals surface area contributed by atoms with Crippen molar-refractivity contribution >= 4 is 23.6 Å². The summed E-state index contributed by atoms with van der Waals surface area (Å²) in [5.41, 5.74) is 1.57. The zero-order valence-electron chi connectivity index (χ0n) is 8.62. The number of hydrogen-bond donors (Lipinski definition) is 1. The molecule has 1 heterocycles. The standard InChI is InChI=1S/C10H11NO4S/c1-8-4-9(2-3-11-8)5-10(15-7-12)6-16(13)14/h2-5,7H,6H2,1H3,(H,13,14)/b10-5-. The average molecular weight is 241 g/mol. The van der Waals surface area contributed by atoms with Crippen molar-refractivity contribution in [2.75, 3.05) is 5.75 Å². The molecule has 0 saturated heterocycles. The molecule has 1 unspecified atom stereocenters. The van der Waals surface area contributed by atoms with Gasteiger partial charge >= 0.3 is 0 Å². The van der Waals surface area contributed by atoms with Crippen molar-refractivity contribution < 1.29 is 18.3 Å². The zero-order chi connectivity index (χ0) is 12.0. The SMILES string of the molecule is Cc1cc(/C=C(/CS(=O)O)OC=O)ccn1. The highest BCUT2D eigenvalue weighted by Gasteiger charge is 2.03. The maximum absolute atomic E-state index is 10.6. The average Bonchev–Trinajstić information content (AvgIpc) is 2.16. The van der Waals surface area contributed by atoms with Crippen LogP contribution in [0.2, 0.25) is 0 Å². The quantitative estimate of drug-likeness (QED) is 0.475. The molecular weight excluding hydrogens is 230 g/mol. The Hall–Kier alpha value is -1.53. The fourth-order valence-electron chi connectivity index (χ4n) is 1.14. The van der Waals surface area contributed by atoms with Crippen molar-refractivity contribution in [1.82, 2.24) is 4.98 Å². The minimum Gasteiger partial charge on any atom is -0.432 e. The third kappa shape index (κ3) is 4.33. The summed E-state index contributed by atoms with van der Waals surface area (Å²) < 4.78 is 23.9. The van der Waals surface area contributed by atoms with Gasteiger partial charge in [-0.25, -0.2) is 4.21 Å². The number of aryl methyl sites for hydroxylation is 1. The topological polar surface area (TPSA) is 76.5 Å². The van der Waals surface area contributed by atoms with E-state index in [-0.39, 0.29) is 18.0 Å². The van der Waals surface area contributed by atoms with Crippen LogP contribution in [0.3, 0.4) is 0 Å². The minimum atomic E-state index is -2.04. The molecule has 0 spiro atoms. The van der Waals surface area contributed by atoms with Crippen LogP contribution in [-0.2, 0) is 20.6 Å². The molecule has 0 saturated carbocycles. The number of nitrogens with zero attached hydrogens (tertiary/aromatic N) is 1. The van der Waals surface area contributed by atoms with Gasteiger partial charge in [-0.1, -0.05) is 0 Å². The Morgan fingerprint density at radius 1 is 1.69 bits per heavy atom. The molecule has 5 nitrogen and oxygen atoms in total. The lowest BCUT2D eigenvalue weighted by molar-refractivity contribution is -0.124. The van der Waals surface area contributed by atoms with E-state index in [0.717, 1.165) is 11.3 Å². The summed E-state index contributed by atoms with van der Waals surface area (Å²) >= 11 is -2.04. The molecule has 0 aromatic carbocycles. The molecule has 1 rings (SSSR count). The van der Waals surface area contributed by atoms with Crippen molar-refractivity contribution in [2.24, 2.45) is 0 Å². The molecule has 0 aliphatic rings. The van der Waals surface area contributed by atoms with Crippen molar-refractivity contribution in [3.05, 3.63) is 35.3 Å². The molecule has 16 heavy (non-hydrogen) atoms. The van der Waals surface area contributed by atoms with Gasteiger partial charge in [0.15, 0.2) is 11.1 Å². The second kappa shape index (κ2) is 6.14. The van der Waals surface area contributed by atoms with E-state index in [1.54, 1.807) is 18.3 Å². The molecule has 86 valence electrons. The van der Waals surface area contributed by atoms with Gasteiger partial charge in [-0.05, 0) is 30.7 Å². The van der Waals surface area contributed by atoms with E-state index in [4.69, 9.17) is 4.55 Å². The molecule has 1 N–H and O–H groups in total. The predicted octanol–water partition coefficient (Wildman–Crippen LogP) is 1.13. The Balaban J connectivity index is 2.91. The van der Waals surface area contributed by atoms with E-state index in [1.165, 1.54) is 6.08 Å². The second-order valence-corrected chi connectivity index (χ2v) is 3.95. The lowest BCUT2D eigenvalue weighted by atomic mass is 10.2. The number of carbonyl (C=O) groups excluding carboxylic acids is 1. The van der Waals surface area contributed by atoms with Crippen molar-refractivity contribution in [2.45, 2.75) is 6.92 Å². The zero-order valence-corrected chi connectivity index (χ0v) is 9.44. The summed E-state index contributed by atoms with van der Waals surface area (Å²) in [5.74, 6) is -0.0819. The third-order valence-corrected chi connectivity index (χ3v) is 2.25. The van der Waals surface area contributed by atoms with Gasteiger partial charge in [0.25, 0.3) is 6.47 Å².